The molecule has 4 rings (SSSR count). The first kappa shape index (κ1) is 26.7. The van der Waals surface area contributed by atoms with E-state index in [-0.39, 0.29) is 17.9 Å². The van der Waals surface area contributed by atoms with Crippen molar-refractivity contribution in [1.29, 1.82) is 0 Å². The van der Waals surface area contributed by atoms with Crippen molar-refractivity contribution >= 4 is 17.4 Å². The molecule has 2 aromatic carbocycles. The number of aromatic nitrogens is 1. The third-order valence-electron chi connectivity index (χ3n) is 6.44. The summed E-state index contributed by atoms with van der Waals surface area (Å²) in [6, 6.07) is 14.8. The molecule has 8 heteroatoms. The maximum atomic E-state index is 13.4. The monoisotopic (exact) mass is 516 g/mol. The van der Waals surface area contributed by atoms with E-state index in [4.69, 9.17) is 14.2 Å². The van der Waals surface area contributed by atoms with Gasteiger partial charge in [0.05, 0.1) is 32.4 Å². The molecule has 0 aliphatic carbocycles. The van der Waals surface area contributed by atoms with Crippen LogP contribution in [0.25, 0.3) is 5.76 Å². The van der Waals surface area contributed by atoms with E-state index in [9.17, 15) is 14.7 Å². The van der Waals surface area contributed by atoms with E-state index >= 15 is 0 Å². The largest absolute Gasteiger partial charge is 0.507 e. The number of hydrogen-bond acceptors (Lipinski definition) is 7. The summed E-state index contributed by atoms with van der Waals surface area (Å²) in [4.78, 5) is 32.2. The van der Waals surface area contributed by atoms with Gasteiger partial charge in [0, 0.05) is 24.5 Å². The number of ether oxygens (including phenoxy) is 3. The van der Waals surface area contributed by atoms with Crippen LogP contribution >= 0.6 is 0 Å². The summed E-state index contributed by atoms with van der Waals surface area (Å²) >= 11 is 0. The first-order valence-electron chi connectivity index (χ1n) is 12.5. The second-order valence-electron chi connectivity index (χ2n) is 9.46. The van der Waals surface area contributed by atoms with Crippen molar-refractivity contribution in [2.45, 2.75) is 32.9 Å². The Morgan fingerprint density at radius 1 is 1.00 bits per heavy atom. The smallest absolute Gasteiger partial charge is 0.295 e. The predicted octanol–water partition coefficient (Wildman–Crippen LogP) is 5.15. The van der Waals surface area contributed by atoms with Crippen LogP contribution in [0.3, 0.4) is 0 Å². The van der Waals surface area contributed by atoms with E-state index in [0.717, 1.165) is 12.0 Å². The van der Waals surface area contributed by atoms with Crippen LogP contribution < -0.4 is 14.2 Å². The fourth-order valence-electron chi connectivity index (χ4n) is 4.38. The van der Waals surface area contributed by atoms with E-state index in [1.54, 1.807) is 74.1 Å². The van der Waals surface area contributed by atoms with Crippen LogP contribution in [0.1, 0.15) is 43.0 Å². The van der Waals surface area contributed by atoms with Gasteiger partial charge in [0.2, 0.25) is 0 Å². The quantitative estimate of drug-likeness (QED) is 0.226. The maximum absolute atomic E-state index is 13.4. The summed E-state index contributed by atoms with van der Waals surface area (Å²) in [7, 11) is 3.06. The second-order valence-corrected chi connectivity index (χ2v) is 9.46. The Labute approximate surface area is 222 Å². The van der Waals surface area contributed by atoms with Crippen molar-refractivity contribution in [2.75, 3.05) is 20.8 Å². The molecular weight excluding hydrogens is 484 g/mol. The third-order valence-corrected chi connectivity index (χ3v) is 6.44. The minimum atomic E-state index is -0.854. The van der Waals surface area contributed by atoms with Crippen LogP contribution in [0.4, 0.5) is 0 Å². The lowest BCUT2D eigenvalue weighted by atomic mass is 9.94. The summed E-state index contributed by atoms with van der Waals surface area (Å²) in [5.74, 6) is 0.303. The van der Waals surface area contributed by atoms with Gasteiger partial charge >= 0.3 is 0 Å². The minimum Gasteiger partial charge on any atom is -0.507 e. The number of carbonyl (C=O) groups excluding carboxylic acids is 2. The van der Waals surface area contributed by atoms with Gasteiger partial charge in [-0.1, -0.05) is 32.0 Å². The molecule has 1 atom stereocenters. The molecule has 38 heavy (non-hydrogen) atoms. The minimum absolute atomic E-state index is 0.00663. The van der Waals surface area contributed by atoms with Crippen LogP contribution in [0.15, 0.2) is 72.6 Å². The van der Waals surface area contributed by atoms with Gasteiger partial charge in [-0.05, 0) is 59.9 Å². The van der Waals surface area contributed by atoms with Gasteiger partial charge in [-0.15, -0.1) is 0 Å². The fraction of sp³-hybridized carbons (Fsp3) is 0.300. The number of carbonyl (C=O) groups is 2. The Morgan fingerprint density at radius 2 is 1.76 bits per heavy atom. The highest BCUT2D eigenvalue weighted by Crippen LogP contribution is 2.43. The molecule has 0 bridgehead atoms. The van der Waals surface area contributed by atoms with E-state index in [2.05, 4.69) is 18.8 Å². The number of pyridine rings is 1. The molecule has 198 valence electrons. The predicted molar refractivity (Wildman–Crippen MR) is 143 cm³/mol. The third kappa shape index (κ3) is 5.64. The zero-order valence-electron chi connectivity index (χ0n) is 22.0. The number of aliphatic hydroxyl groups excluding tert-OH is 1. The Hall–Kier alpha value is -4.33. The van der Waals surface area contributed by atoms with Crippen LogP contribution in [-0.4, -0.2) is 47.5 Å². The topological polar surface area (TPSA) is 98.2 Å². The number of rotatable bonds is 10. The standard InChI is InChI=1S/C30H32N2O6/c1-19(2)12-15-38-24-9-8-21(17-25(24)37-4)27-26(28(33)22-6-5-7-23(16-22)36-3)29(34)30(35)32(27)18-20-10-13-31-14-11-20/h5-11,13-14,16-17,19,27,33H,12,15,18H2,1-4H3. The molecule has 2 heterocycles. The van der Waals surface area contributed by atoms with E-state index in [0.29, 0.717) is 40.9 Å². The van der Waals surface area contributed by atoms with Crippen molar-refractivity contribution in [2.24, 2.45) is 5.92 Å². The average molecular weight is 517 g/mol. The maximum Gasteiger partial charge on any atom is 0.295 e. The van der Waals surface area contributed by atoms with Gasteiger partial charge in [-0.3, -0.25) is 14.6 Å². The number of aliphatic hydroxyl groups is 1. The molecule has 1 N–H and O–H groups in total. The molecule has 1 saturated heterocycles. The molecular formula is C30H32N2O6. The molecule has 8 nitrogen and oxygen atoms in total. The lowest BCUT2D eigenvalue weighted by Crippen LogP contribution is -2.29. The number of benzene rings is 2. The van der Waals surface area contributed by atoms with Gasteiger partial charge in [0.1, 0.15) is 11.5 Å². The number of hydrogen-bond donors (Lipinski definition) is 1. The van der Waals surface area contributed by atoms with Gasteiger partial charge in [-0.2, -0.15) is 0 Å². The van der Waals surface area contributed by atoms with Crippen LogP contribution in [0.5, 0.6) is 17.2 Å². The van der Waals surface area contributed by atoms with Gasteiger partial charge in [-0.25, -0.2) is 0 Å². The van der Waals surface area contributed by atoms with Crippen molar-refractivity contribution < 1.29 is 28.9 Å². The lowest BCUT2D eigenvalue weighted by Gasteiger charge is -2.26. The highest BCUT2D eigenvalue weighted by molar-refractivity contribution is 6.46. The molecule has 0 spiro atoms. The summed E-state index contributed by atoms with van der Waals surface area (Å²) in [5, 5.41) is 11.4. The SMILES string of the molecule is COc1cccc(C(O)=C2C(=O)C(=O)N(Cc3ccncc3)C2c2ccc(OCCC(C)C)c(OC)c2)c1. The molecule has 3 aromatic rings. The molecule has 1 aliphatic rings. The Kier molecular flexibility index (Phi) is 8.31. The molecule has 1 aliphatic heterocycles. The Morgan fingerprint density at radius 3 is 2.45 bits per heavy atom. The summed E-state index contributed by atoms with van der Waals surface area (Å²) in [6.45, 7) is 4.93. The van der Waals surface area contributed by atoms with Crippen LogP contribution in [0, 0.1) is 5.92 Å². The number of ketones is 1. The molecule has 1 unspecified atom stereocenters. The van der Waals surface area contributed by atoms with E-state index in [1.807, 2.05) is 0 Å². The summed E-state index contributed by atoms with van der Waals surface area (Å²) < 4.78 is 16.8. The lowest BCUT2D eigenvalue weighted by molar-refractivity contribution is -0.140. The normalized spacial score (nSPS) is 16.7. The molecule has 1 amide bonds. The Bertz CT molecular complexity index is 1340. The molecule has 1 fully saturated rings. The second kappa shape index (κ2) is 11.8. The van der Waals surface area contributed by atoms with Crippen LogP contribution in [0.2, 0.25) is 0 Å². The average Bonchev–Trinajstić information content (AvgIpc) is 3.18. The molecule has 0 saturated carbocycles. The fourth-order valence-corrected chi connectivity index (χ4v) is 4.38. The van der Waals surface area contributed by atoms with Crippen molar-refractivity contribution in [3.8, 4) is 17.2 Å². The highest BCUT2D eigenvalue weighted by atomic mass is 16.5. The van der Waals surface area contributed by atoms with Gasteiger partial charge < -0.3 is 24.2 Å². The number of methoxy groups -OCH3 is 2. The molecule has 1 aromatic heterocycles. The zero-order valence-corrected chi connectivity index (χ0v) is 22.0. The number of amides is 1. The first-order chi connectivity index (χ1) is 18.3. The zero-order chi connectivity index (χ0) is 27.2. The number of Topliss-reactive ketones (excluding diaryl/α,β-unsaturated/α-hetero) is 1. The van der Waals surface area contributed by atoms with E-state index in [1.165, 1.54) is 12.0 Å². The van der Waals surface area contributed by atoms with E-state index < -0.39 is 17.7 Å². The molecule has 0 radical (unpaired) electrons. The Balaban J connectivity index is 1.82. The summed E-state index contributed by atoms with van der Waals surface area (Å²) in [6.07, 6.45) is 4.14. The number of nitrogens with zero attached hydrogens (tertiary/aromatic N) is 2. The van der Waals surface area contributed by atoms with Crippen molar-refractivity contribution in [3.05, 3.63) is 89.3 Å². The van der Waals surface area contributed by atoms with Crippen LogP contribution in [-0.2, 0) is 16.1 Å². The number of likely N-dealkylation sites (tertiary alicyclic amines) is 1. The van der Waals surface area contributed by atoms with Gasteiger partial charge in [0.25, 0.3) is 11.7 Å². The first-order valence-corrected chi connectivity index (χ1v) is 12.5. The van der Waals surface area contributed by atoms with Crippen molar-refractivity contribution in [1.82, 2.24) is 9.88 Å². The van der Waals surface area contributed by atoms with Crippen molar-refractivity contribution in [3.63, 3.8) is 0 Å². The summed E-state index contributed by atoms with van der Waals surface area (Å²) in [5.41, 5.74) is 1.77. The highest BCUT2D eigenvalue weighted by Gasteiger charge is 2.46. The van der Waals surface area contributed by atoms with Gasteiger partial charge in [0.15, 0.2) is 11.5 Å².